The molecule has 4 nitrogen and oxygen atoms in total. The summed E-state index contributed by atoms with van der Waals surface area (Å²) in [4.78, 5) is 0. The molecule has 0 spiro atoms. The number of hydrogen-bond acceptors (Lipinski definition) is 0. The van der Waals surface area contributed by atoms with Crippen LogP contribution in [0.2, 0.25) is 0 Å². The Kier molecular flexibility index (Phi) is 5.15. The van der Waals surface area contributed by atoms with Gasteiger partial charge in [0, 0.05) is 11.1 Å². The third-order valence-electron chi connectivity index (χ3n) is 5.41. The molecule has 0 fully saturated rings. The summed E-state index contributed by atoms with van der Waals surface area (Å²) < 4.78 is 3.68. The number of quaternary nitrogens is 4. The number of hydrogen-bond donors (Lipinski definition) is 0. The van der Waals surface area contributed by atoms with Crippen LogP contribution in [-0.4, -0.2) is 88.8 Å². The molecule has 1 rings (SSSR count). The van der Waals surface area contributed by atoms with Gasteiger partial charge in [-0.15, -0.1) is 0 Å². The van der Waals surface area contributed by atoms with Crippen molar-refractivity contribution in [3.05, 3.63) is 35.4 Å². The van der Waals surface area contributed by atoms with E-state index < -0.39 is 0 Å². The minimum atomic E-state index is 0.910. The highest BCUT2D eigenvalue weighted by Gasteiger charge is 2.33. The molecular formula is C18H38N4+4. The van der Waals surface area contributed by atoms with Gasteiger partial charge in [0.1, 0.15) is 83.6 Å². The number of benzene rings is 1. The van der Waals surface area contributed by atoms with E-state index in [-0.39, 0.29) is 0 Å². The van der Waals surface area contributed by atoms with Gasteiger partial charge in [-0.1, -0.05) is 24.3 Å². The van der Waals surface area contributed by atoms with Crippen molar-refractivity contribution in [1.29, 1.82) is 0 Å². The predicted octanol–water partition coefficient (Wildman–Crippen LogP) is 2.08. The van der Waals surface area contributed by atoms with Crippen LogP contribution in [0.25, 0.3) is 0 Å². The van der Waals surface area contributed by atoms with Gasteiger partial charge in [-0.3, -0.25) is 0 Å². The van der Waals surface area contributed by atoms with E-state index in [1.54, 1.807) is 0 Å². The van der Waals surface area contributed by atoms with Crippen LogP contribution in [0, 0.1) is 0 Å². The minimum Gasteiger partial charge on any atom is -0.178 e. The van der Waals surface area contributed by atoms with E-state index in [1.807, 2.05) is 0 Å². The Balaban J connectivity index is 2.85. The van der Waals surface area contributed by atoms with Gasteiger partial charge in [0.2, 0.25) is 0 Å². The first-order chi connectivity index (χ1) is 9.66. The van der Waals surface area contributed by atoms with E-state index in [9.17, 15) is 0 Å². The van der Waals surface area contributed by atoms with Crippen molar-refractivity contribution in [2.45, 2.75) is 13.1 Å². The first-order valence-corrected chi connectivity index (χ1v) is 8.03. The van der Waals surface area contributed by atoms with Crippen LogP contribution < -0.4 is 0 Å². The number of rotatable bonds is 6. The predicted molar refractivity (Wildman–Crippen MR) is 94.1 cm³/mol. The first kappa shape index (κ1) is 19.1. The molecule has 22 heavy (non-hydrogen) atoms. The lowest BCUT2D eigenvalue weighted by Gasteiger charge is -2.42. The molecule has 0 saturated heterocycles. The van der Waals surface area contributed by atoms with Crippen LogP contribution in [0.3, 0.4) is 0 Å². The van der Waals surface area contributed by atoms with Crippen LogP contribution in [0.15, 0.2) is 24.3 Å². The average Bonchev–Trinajstić information content (AvgIpc) is 2.28. The Morgan fingerprint density at radius 2 is 0.727 bits per heavy atom. The molecular weight excluding hydrogens is 272 g/mol. The summed E-state index contributed by atoms with van der Waals surface area (Å²) in [5.74, 6) is 0. The summed E-state index contributed by atoms with van der Waals surface area (Å²) >= 11 is 0. The van der Waals surface area contributed by atoms with Crippen molar-refractivity contribution < 1.29 is 18.4 Å². The molecule has 0 aliphatic rings. The molecule has 0 radical (unpaired) electrons. The third kappa shape index (κ3) is 4.53. The lowest BCUT2D eigenvalue weighted by molar-refractivity contribution is -1.46. The van der Waals surface area contributed by atoms with E-state index in [2.05, 4.69) is 94.7 Å². The third-order valence-corrected chi connectivity index (χ3v) is 5.41. The second kappa shape index (κ2) is 5.93. The minimum absolute atomic E-state index is 0.910. The van der Waals surface area contributed by atoms with E-state index in [0.717, 1.165) is 31.5 Å². The van der Waals surface area contributed by atoms with Crippen LogP contribution in [-0.2, 0) is 13.1 Å². The van der Waals surface area contributed by atoms with Crippen LogP contribution in [0.4, 0.5) is 0 Å². The molecule has 0 atom stereocenters. The highest BCUT2D eigenvalue weighted by molar-refractivity contribution is 5.21. The summed E-state index contributed by atoms with van der Waals surface area (Å²) in [7, 11) is 22.6. The van der Waals surface area contributed by atoms with Gasteiger partial charge >= 0.3 is 0 Å². The first-order valence-electron chi connectivity index (χ1n) is 8.03. The molecule has 0 saturated carbocycles. The quantitative estimate of drug-likeness (QED) is 0.557. The van der Waals surface area contributed by atoms with Gasteiger partial charge < -0.3 is 0 Å². The molecule has 0 unspecified atom stereocenters. The van der Waals surface area contributed by atoms with Crippen LogP contribution in [0.1, 0.15) is 11.1 Å². The largest absolute Gasteiger partial charge is 0.178 e. The molecule has 1 aromatic rings. The molecule has 0 bridgehead atoms. The SMILES string of the molecule is C[N+](C)(C)[N+](C)(C)Cc1ccc(C[N+](C)(C)[N+](C)(C)C)cc1. The summed E-state index contributed by atoms with van der Waals surface area (Å²) in [5, 5.41) is 0. The van der Waals surface area contributed by atoms with E-state index in [4.69, 9.17) is 0 Å². The zero-order valence-corrected chi connectivity index (χ0v) is 16.5. The topological polar surface area (TPSA) is 0 Å². The summed E-state index contributed by atoms with van der Waals surface area (Å²) in [6.45, 7) is 2.08. The van der Waals surface area contributed by atoms with Crippen molar-refractivity contribution in [2.75, 3.05) is 70.5 Å². The van der Waals surface area contributed by atoms with Gasteiger partial charge in [0.25, 0.3) is 0 Å². The number of nitrogens with zero attached hydrogens (tertiary/aromatic N) is 4. The molecule has 0 aromatic heterocycles. The van der Waals surface area contributed by atoms with Crippen molar-refractivity contribution >= 4 is 0 Å². The maximum absolute atomic E-state index is 2.29. The van der Waals surface area contributed by atoms with E-state index >= 15 is 0 Å². The Bertz CT molecular complexity index is 440. The summed E-state index contributed by atoms with van der Waals surface area (Å²) in [5.41, 5.74) is 2.80. The lowest BCUT2D eigenvalue weighted by atomic mass is 10.1. The Morgan fingerprint density at radius 3 is 0.909 bits per heavy atom. The van der Waals surface area contributed by atoms with Gasteiger partial charge in [-0.05, 0) is 0 Å². The normalized spacial score (nSPS) is 14.3. The highest BCUT2D eigenvalue weighted by atomic mass is 15.8. The van der Waals surface area contributed by atoms with Crippen molar-refractivity contribution in [3.63, 3.8) is 0 Å². The van der Waals surface area contributed by atoms with Gasteiger partial charge in [-0.2, -0.15) is 18.4 Å². The van der Waals surface area contributed by atoms with Crippen LogP contribution in [0.5, 0.6) is 0 Å². The van der Waals surface area contributed by atoms with Gasteiger partial charge in [0.05, 0.1) is 0 Å². The molecule has 0 heterocycles. The smallest absolute Gasteiger partial charge is 0.147 e. The Morgan fingerprint density at radius 1 is 0.500 bits per heavy atom. The fourth-order valence-electron chi connectivity index (χ4n) is 2.07. The van der Waals surface area contributed by atoms with Gasteiger partial charge in [0.15, 0.2) is 0 Å². The molecule has 4 heteroatoms. The fraction of sp³-hybridized carbons (Fsp3) is 0.667. The second-order valence-electron chi connectivity index (χ2n) is 9.26. The molecule has 0 N–H and O–H groups in total. The Hall–Kier alpha value is -0.940. The van der Waals surface area contributed by atoms with E-state index in [0.29, 0.717) is 0 Å². The molecule has 1 aromatic carbocycles. The molecule has 126 valence electrons. The average molecular weight is 311 g/mol. The zero-order valence-electron chi connectivity index (χ0n) is 16.5. The van der Waals surface area contributed by atoms with Crippen molar-refractivity contribution in [3.8, 4) is 0 Å². The van der Waals surface area contributed by atoms with Gasteiger partial charge in [-0.25, -0.2) is 0 Å². The molecule has 0 aliphatic heterocycles. The van der Waals surface area contributed by atoms with Crippen molar-refractivity contribution in [2.24, 2.45) is 0 Å². The second-order valence-corrected chi connectivity index (χ2v) is 9.26. The highest BCUT2D eigenvalue weighted by Crippen LogP contribution is 2.19. The maximum Gasteiger partial charge on any atom is 0.147 e. The molecule has 0 aliphatic carbocycles. The Labute approximate surface area is 138 Å². The fourth-order valence-corrected chi connectivity index (χ4v) is 2.07. The summed E-state index contributed by atoms with van der Waals surface area (Å²) in [6.07, 6.45) is 0. The lowest BCUT2D eigenvalue weighted by Crippen LogP contribution is -2.62. The summed E-state index contributed by atoms with van der Waals surface area (Å²) in [6, 6.07) is 9.17. The van der Waals surface area contributed by atoms with Crippen molar-refractivity contribution in [1.82, 2.24) is 0 Å². The molecule has 0 amide bonds. The maximum atomic E-state index is 2.29. The van der Waals surface area contributed by atoms with Crippen LogP contribution >= 0.6 is 0 Å². The van der Waals surface area contributed by atoms with E-state index in [1.165, 1.54) is 11.1 Å². The zero-order chi connectivity index (χ0) is 17.4. The standard InChI is InChI=1S/C18H38N4/c1-19(2,3)21(7,8)15-17-11-13-18(14-12-17)16-22(9,10)20(4,5)6/h11-14H,15-16H2,1-10H3/q+4. The monoisotopic (exact) mass is 310 g/mol.